The number of carbonyl (C=O) groups excluding carboxylic acids is 1. The molecule has 2 aromatic rings. The van der Waals surface area contributed by atoms with Gasteiger partial charge in [0.25, 0.3) is 0 Å². The molecule has 4 heteroatoms. The lowest BCUT2D eigenvalue weighted by Gasteiger charge is -1.93. The molecule has 2 rings (SSSR count). The molecule has 0 atom stereocenters. The molecule has 0 aliphatic carbocycles. The van der Waals surface area contributed by atoms with Crippen LogP contribution >= 0.6 is 27.3 Å². The average Bonchev–Trinajstić information content (AvgIpc) is 2.78. The SMILES string of the molecule is Cc1cc(C(=O)Cc2ccoc2)sc1Br. The fraction of sp³-hybridized carbons (Fsp3) is 0.182. The molecule has 78 valence electrons. The number of hydrogen-bond acceptors (Lipinski definition) is 3. The summed E-state index contributed by atoms with van der Waals surface area (Å²) < 4.78 is 5.95. The molecule has 0 spiro atoms. The minimum atomic E-state index is 0.134. The molecule has 0 aromatic carbocycles. The Bertz CT molecular complexity index is 451. The van der Waals surface area contributed by atoms with Gasteiger partial charge in [-0.05, 0) is 46.1 Å². The maximum Gasteiger partial charge on any atom is 0.177 e. The van der Waals surface area contributed by atoms with E-state index in [9.17, 15) is 4.79 Å². The predicted molar refractivity (Wildman–Crippen MR) is 63.5 cm³/mol. The number of carbonyl (C=O) groups is 1. The number of rotatable bonds is 3. The zero-order valence-electron chi connectivity index (χ0n) is 8.12. The third-order valence-corrected chi connectivity index (χ3v) is 4.25. The van der Waals surface area contributed by atoms with E-state index in [2.05, 4.69) is 15.9 Å². The Hall–Kier alpha value is -0.870. The van der Waals surface area contributed by atoms with Gasteiger partial charge in [0.15, 0.2) is 5.78 Å². The Labute approximate surface area is 100 Å². The Balaban J connectivity index is 2.15. The Morgan fingerprint density at radius 2 is 2.40 bits per heavy atom. The maximum absolute atomic E-state index is 11.8. The molecule has 2 heterocycles. The second kappa shape index (κ2) is 4.33. The lowest BCUT2D eigenvalue weighted by molar-refractivity contribution is 0.0996. The quantitative estimate of drug-likeness (QED) is 0.802. The molecule has 0 N–H and O–H groups in total. The van der Waals surface area contributed by atoms with E-state index in [4.69, 9.17) is 4.42 Å². The molecule has 2 aromatic heterocycles. The van der Waals surface area contributed by atoms with Gasteiger partial charge in [-0.1, -0.05) is 0 Å². The Kier molecular flexibility index (Phi) is 3.07. The van der Waals surface area contributed by atoms with E-state index >= 15 is 0 Å². The first kappa shape index (κ1) is 10.6. The fourth-order valence-corrected chi connectivity index (χ4v) is 2.74. The minimum absolute atomic E-state index is 0.134. The molecular formula is C11H9BrO2S. The number of ketones is 1. The standard InChI is InChI=1S/C11H9BrO2S/c1-7-4-10(15-11(7)12)9(13)5-8-2-3-14-6-8/h2-4,6H,5H2,1H3. The van der Waals surface area contributed by atoms with Crippen LogP contribution in [0.3, 0.4) is 0 Å². The number of furan rings is 1. The van der Waals surface area contributed by atoms with Gasteiger partial charge in [0.05, 0.1) is 21.2 Å². The van der Waals surface area contributed by atoms with Crippen molar-refractivity contribution >= 4 is 33.0 Å². The first-order valence-electron chi connectivity index (χ1n) is 4.47. The Morgan fingerprint density at radius 1 is 1.60 bits per heavy atom. The van der Waals surface area contributed by atoms with Gasteiger partial charge in [0.2, 0.25) is 0 Å². The van der Waals surface area contributed by atoms with Crippen molar-refractivity contribution in [2.45, 2.75) is 13.3 Å². The average molecular weight is 285 g/mol. The summed E-state index contributed by atoms with van der Waals surface area (Å²) in [6.07, 6.45) is 3.59. The fourth-order valence-electron chi connectivity index (χ4n) is 1.26. The summed E-state index contributed by atoms with van der Waals surface area (Å²) in [7, 11) is 0. The highest BCUT2D eigenvalue weighted by atomic mass is 79.9. The number of thiophene rings is 1. The normalized spacial score (nSPS) is 10.5. The third kappa shape index (κ3) is 2.38. The number of Topliss-reactive ketones (excluding diaryl/α,β-unsaturated/α-hetero) is 1. The van der Waals surface area contributed by atoms with Crippen LogP contribution in [0, 0.1) is 6.92 Å². The van der Waals surface area contributed by atoms with Crippen LogP contribution in [0.4, 0.5) is 0 Å². The molecule has 0 radical (unpaired) electrons. The van der Waals surface area contributed by atoms with Crippen molar-refractivity contribution in [2.75, 3.05) is 0 Å². The summed E-state index contributed by atoms with van der Waals surface area (Å²) in [5.74, 6) is 0.134. The van der Waals surface area contributed by atoms with Crippen molar-refractivity contribution in [2.24, 2.45) is 0 Å². The molecule has 0 saturated carbocycles. The summed E-state index contributed by atoms with van der Waals surface area (Å²) in [4.78, 5) is 12.6. The monoisotopic (exact) mass is 284 g/mol. The van der Waals surface area contributed by atoms with Crippen molar-refractivity contribution in [3.05, 3.63) is 44.4 Å². The van der Waals surface area contributed by atoms with E-state index in [1.165, 1.54) is 11.3 Å². The zero-order chi connectivity index (χ0) is 10.8. The van der Waals surface area contributed by atoms with Crippen molar-refractivity contribution < 1.29 is 9.21 Å². The van der Waals surface area contributed by atoms with Crippen molar-refractivity contribution in [1.29, 1.82) is 0 Å². The number of aryl methyl sites for hydroxylation is 1. The highest BCUT2D eigenvalue weighted by molar-refractivity contribution is 9.11. The third-order valence-electron chi connectivity index (χ3n) is 2.08. The molecule has 15 heavy (non-hydrogen) atoms. The summed E-state index contributed by atoms with van der Waals surface area (Å²) in [6, 6.07) is 3.73. The first-order valence-corrected chi connectivity index (χ1v) is 6.08. The van der Waals surface area contributed by atoms with Crippen molar-refractivity contribution in [3.63, 3.8) is 0 Å². The molecule has 0 saturated heterocycles. The van der Waals surface area contributed by atoms with E-state index in [0.717, 1.165) is 19.8 Å². The lowest BCUT2D eigenvalue weighted by Crippen LogP contribution is -1.99. The number of hydrogen-bond donors (Lipinski definition) is 0. The van der Waals surface area contributed by atoms with Gasteiger partial charge in [-0.2, -0.15) is 0 Å². The zero-order valence-corrected chi connectivity index (χ0v) is 10.5. The highest BCUT2D eigenvalue weighted by Crippen LogP contribution is 2.28. The summed E-state index contributed by atoms with van der Waals surface area (Å²) in [6.45, 7) is 1.98. The van der Waals surface area contributed by atoms with Crippen molar-refractivity contribution in [3.8, 4) is 0 Å². The van der Waals surface area contributed by atoms with E-state index in [-0.39, 0.29) is 5.78 Å². The van der Waals surface area contributed by atoms with E-state index in [0.29, 0.717) is 6.42 Å². The highest BCUT2D eigenvalue weighted by Gasteiger charge is 2.12. The van der Waals surface area contributed by atoms with Gasteiger partial charge in [0, 0.05) is 6.42 Å². The van der Waals surface area contributed by atoms with Gasteiger partial charge in [-0.3, -0.25) is 4.79 Å². The van der Waals surface area contributed by atoms with Gasteiger partial charge in [-0.15, -0.1) is 11.3 Å². The van der Waals surface area contributed by atoms with Crippen LogP contribution in [0.25, 0.3) is 0 Å². The molecule has 0 aliphatic rings. The maximum atomic E-state index is 11.8. The molecule has 0 aliphatic heterocycles. The predicted octanol–water partition coefficient (Wildman–Crippen LogP) is 3.84. The van der Waals surface area contributed by atoms with Crippen LogP contribution in [-0.4, -0.2) is 5.78 Å². The molecular weight excluding hydrogens is 276 g/mol. The molecule has 0 fully saturated rings. The van der Waals surface area contributed by atoms with Crippen LogP contribution in [0.5, 0.6) is 0 Å². The Morgan fingerprint density at radius 3 is 2.93 bits per heavy atom. The minimum Gasteiger partial charge on any atom is -0.472 e. The van der Waals surface area contributed by atoms with Gasteiger partial charge < -0.3 is 4.42 Å². The van der Waals surface area contributed by atoms with E-state index in [1.807, 2.05) is 19.1 Å². The van der Waals surface area contributed by atoms with E-state index < -0.39 is 0 Å². The second-order valence-electron chi connectivity index (χ2n) is 3.30. The van der Waals surface area contributed by atoms with Crippen LogP contribution in [0.2, 0.25) is 0 Å². The molecule has 0 bridgehead atoms. The second-order valence-corrected chi connectivity index (χ2v) is 5.67. The lowest BCUT2D eigenvalue weighted by atomic mass is 10.1. The topological polar surface area (TPSA) is 30.2 Å². The van der Waals surface area contributed by atoms with Gasteiger partial charge in [0.1, 0.15) is 0 Å². The first-order chi connectivity index (χ1) is 7.16. The number of halogens is 1. The molecule has 0 unspecified atom stereocenters. The van der Waals surface area contributed by atoms with Gasteiger partial charge in [-0.25, -0.2) is 0 Å². The van der Waals surface area contributed by atoms with Gasteiger partial charge >= 0.3 is 0 Å². The smallest absolute Gasteiger partial charge is 0.177 e. The van der Waals surface area contributed by atoms with Crippen LogP contribution in [-0.2, 0) is 6.42 Å². The van der Waals surface area contributed by atoms with Crippen LogP contribution < -0.4 is 0 Å². The molecule has 2 nitrogen and oxygen atoms in total. The summed E-state index contributed by atoms with van der Waals surface area (Å²) in [5, 5.41) is 0. The molecule has 0 amide bonds. The van der Waals surface area contributed by atoms with Crippen molar-refractivity contribution in [1.82, 2.24) is 0 Å². The van der Waals surface area contributed by atoms with E-state index in [1.54, 1.807) is 12.5 Å². The van der Waals surface area contributed by atoms with Crippen LogP contribution in [0.15, 0.2) is 32.9 Å². The largest absolute Gasteiger partial charge is 0.472 e. The van der Waals surface area contributed by atoms with Crippen LogP contribution in [0.1, 0.15) is 20.8 Å². The summed E-state index contributed by atoms with van der Waals surface area (Å²) >= 11 is 4.89. The summed E-state index contributed by atoms with van der Waals surface area (Å²) in [5.41, 5.74) is 2.03.